The molecule has 0 spiro atoms. The molecule has 0 aliphatic carbocycles. The molecule has 0 saturated carbocycles. The molecule has 2 heterocycles. The van der Waals surface area contributed by atoms with E-state index in [4.69, 9.17) is 0 Å². The second-order valence-electron chi connectivity index (χ2n) is 3.80. The molecule has 19 heavy (non-hydrogen) atoms. The summed E-state index contributed by atoms with van der Waals surface area (Å²) >= 11 is 0. The average molecular weight is 281 g/mol. The molecule has 100 valence electrons. The Balaban J connectivity index is 2.01. The molecule has 2 aromatic heterocycles. The number of sulfonamides is 1. The fraction of sp³-hybridized carbons (Fsp3) is 0.167. The van der Waals surface area contributed by atoms with Gasteiger partial charge in [-0.2, -0.15) is 0 Å². The van der Waals surface area contributed by atoms with Crippen LogP contribution in [0.3, 0.4) is 0 Å². The highest BCUT2D eigenvalue weighted by Crippen LogP contribution is 2.09. The van der Waals surface area contributed by atoms with E-state index in [0.29, 0.717) is 6.42 Å². The second-order valence-corrected chi connectivity index (χ2v) is 5.48. The predicted octanol–water partition coefficient (Wildman–Crippen LogP) is 1.14. The third-order valence-electron chi connectivity index (χ3n) is 2.41. The number of nitrogens with one attached hydrogen (secondary N) is 1. The van der Waals surface area contributed by atoms with Crippen molar-refractivity contribution in [1.29, 1.82) is 0 Å². The first-order valence-corrected chi connectivity index (χ1v) is 7.07. The van der Waals surface area contributed by atoms with Gasteiger partial charge in [0.15, 0.2) is 5.82 Å². The molecule has 7 heteroatoms. The van der Waals surface area contributed by atoms with Crippen LogP contribution in [0.4, 0.5) is 4.39 Å². The van der Waals surface area contributed by atoms with E-state index in [-0.39, 0.29) is 6.54 Å². The average Bonchev–Trinajstić information content (AvgIpc) is 2.40. The summed E-state index contributed by atoms with van der Waals surface area (Å²) < 4.78 is 39.3. The zero-order valence-electron chi connectivity index (χ0n) is 9.95. The standard InChI is InChI=1S/C12H12FN3O2S/c13-11-4-2-7-15-12(11)19(17,18)16-8-5-10-3-1-6-14-9-10/h1-4,6-7,9,16H,5,8H2. The Morgan fingerprint density at radius 3 is 2.68 bits per heavy atom. The minimum atomic E-state index is -3.92. The third-order valence-corrected chi connectivity index (χ3v) is 3.80. The maximum Gasteiger partial charge on any atom is 0.261 e. The Bertz CT molecular complexity index is 647. The highest BCUT2D eigenvalue weighted by Gasteiger charge is 2.19. The summed E-state index contributed by atoms with van der Waals surface area (Å²) in [6, 6.07) is 6.00. The Kier molecular flexibility index (Phi) is 4.18. The van der Waals surface area contributed by atoms with E-state index in [0.717, 1.165) is 11.6 Å². The molecule has 2 aromatic rings. The van der Waals surface area contributed by atoms with E-state index in [2.05, 4.69) is 14.7 Å². The van der Waals surface area contributed by atoms with Gasteiger partial charge in [-0.05, 0) is 30.2 Å². The Morgan fingerprint density at radius 1 is 1.21 bits per heavy atom. The van der Waals surface area contributed by atoms with E-state index >= 15 is 0 Å². The van der Waals surface area contributed by atoms with Crippen LogP contribution in [0.5, 0.6) is 0 Å². The van der Waals surface area contributed by atoms with Gasteiger partial charge in [0, 0.05) is 25.1 Å². The first-order chi connectivity index (χ1) is 9.09. The lowest BCUT2D eigenvalue weighted by molar-refractivity contribution is 0.545. The van der Waals surface area contributed by atoms with Crippen molar-refractivity contribution >= 4 is 10.0 Å². The summed E-state index contributed by atoms with van der Waals surface area (Å²) in [4.78, 5) is 7.46. The van der Waals surface area contributed by atoms with E-state index in [1.54, 1.807) is 18.5 Å². The van der Waals surface area contributed by atoms with Gasteiger partial charge in [-0.15, -0.1) is 0 Å². The molecule has 2 rings (SSSR count). The Labute approximate surface area is 110 Å². The lowest BCUT2D eigenvalue weighted by Gasteiger charge is -2.06. The normalized spacial score (nSPS) is 11.4. The largest absolute Gasteiger partial charge is 0.264 e. The van der Waals surface area contributed by atoms with Gasteiger partial charge in [0.05, 0.1) is 0 Å². The maximum absolute atomic E-state index is 13.3. The number of hydrogen-bond donors (Lipinski definition) is 1. The van der Waals surface area contributed by atoms with Gasteiger partial charge in [0.2, 0.25) is 5.03 Å². The van der Waals surface area contributed by atoms with Crippen molar-refractivity contribution in [1.82, 2.24) is 14.7 Å². The lowest BCUT2D eigenvalue weighted by atomic mass is 10.2. The van der Waals surface area contributed by atoms with Crippen LogP contribution in [0, 0.1) is 5.82 Å². The number of halogens is 1. The summed E-state index contributed by atoms with van der Waals surface area (Å²) in [6.07, 6.45) is 4.99. The summed E-state index contributed by atoms with van der Waals surface area (Å²) in [7, 11) is -3.92. The molecule has 0 aliphatic rings. The first kappa shape index (κ1) is 13.6. The number of rotatable bonds is 5. The highest BCUT2D eigenvalue weighted by atomic mass is 32.2. The summed E-state index contributed by atoms with van der Waals surface area (Å²) in [5.41, 5.74) is 0.895. The predicted molar refractivity (Wildman–Crippen MR) is 67.3 cm³/mol. The van der Waals surface area contributed by atoms with Gasteiger partial charge in [0.25, 0.3) is 10.0 Å². The van der Waals surface area contributed by atoms with Crippen LogP contribution in [0.2, 0.25) is 0 Å². The second kappa shape index (κ2) is 5.85. The molecular weight excluding hydrogens is 269 g/mol. The van der Waals surface area contributed by atoms with Gasteiger partial charge >= 0.3 is 0 Å². The summed E-state index contributed by atoms with van der Waals surface area (Å²) in [5, 5.41) is -0.582. The minimum Gasteiger partial charge on any atom is -0.264 e. The Hall–Kier alpha value is -1.86. The quantitative estimate of drug-likeness (QED) is 0.892. The SMILES string of the molecule is O=S(=O)(NCCc1cccnc1)c1ncccc1F. The maximum atomic E-state index is 13.3. The molecule has 0 atom stereocenters. The van der Waals surface area contributed by atoms with Gasteiger partial charge in [0.1, 0.15) is 0 Å². The van der Waals surface area contributed by atoms with Gasteiger partial charge in [-0.1, -0.05) is 6.07 Å². The molecule has 5 nitrogen and oxygen atoms in total. The topological polar surface area (TPSA) is 72.0 Å². The first-order valence-electron chi connectivity index (χ1n) is 5.59. The van der Waals surface area contributed by atoms with Crippen molar-refractivity contribution in [3.63, 3.8) is 0 Å². The van der Waals surface area contributed by atoms with Gasteiger partial charge in [-0.3, -0.25) is 4.98 Å². The molecule has 1 N–H and O–H groups in total. The number of aromatic nitrogens is 2. The van der Waals surface area contributed by atoms with Crippen LogP contribution >= 0.6 is 0 Å². The molecule has 0 aromatic carbocycles. The molecule has 0 unspecified atom stereocenters. The zero-order valence-corrected chi connectivity index (χ0v) is 10.8. The molecule has 0 radical (unpaired) electrons. The van der Waals surface area contributed by atoms with Gasteiger partial charge in [-0.25, -0.2) is 22.5 Å². The summed E-state index contributed by atoms with van der Waals surface area (Å²) in [5.74, 6) is -0.864. The van der Waals surface area contributed by atoms with Crippen molar-refractivity contribution in [2.75, 3.05) is 6.54 Å². The third kappa shape index (κ3) is 3.55. The highest BCUT2D eigenvalue weighted by molar-refractivity contribution is 7.89. The minimum absolute atomic E-state index is 0.157. The van der Waals surface area contributed by atoms with Crippen molar-refractivity contribution in [3.05, 3.63) is 54.2 Å². The van der Waals surface area contributed by atoms with Crippen molar-refractivity contribution < 1.29 is 12.8 Å². The van der Waals surface area contributed by atoms with Crippen LogP contribution in [0.15, 0.2) is 47.9 Å². The molecule has 0 bridgehead atoms. The summed E-state index contributed by atoms with van der Waals surface area (Å²) in [6.45, 7) is 0.157. The van der Waals surface area contributed by atoms with Crippen molar-refractivity contribution in [2.45, 2.75) is 11.4 Å². The molecule has 0 fully saturated rings. The molecule has 0 aliphatic heterocycles. The van der Waals surface area contributed by atoms with E-state index < -0.39 is 20.9 Å². The van der Waals surface area contributed by atoms with Crippen molar-refractivity contribution in [2.24, 2.45) is 0 Å². The molecular formula is C12H12FN3O2S. The molecule has 0 amide bonds. The van der Waals surface area contributed by atoms with Gasteiger partial charge < -0.3 is 0 Å². The van der Waals surface area contributed by atoms with Crippen molar-refractivity contribution in [3.8, 4) is 0 Å². The monoisotopic (exact) mass is 281 g/mol. The number of hydrogen-bond acceptors (Lipinski definition) is 4. The molecule has 0 saturated heterocycles. The fourth-order valence-electron chi connectivity index (χ4n) is 1.51. The van der Waals surface area contributed by atoms with E-state index in [9.17, 15) is 12.8 Å². The van der Waals surface area contributed by atoms with E-state index in [1.807, 2.05) is 6.07 Å². The number of nitrogens with zero attached hydrogens (tertiary/aromatic N) is 2. The zero-order chi connectivity index (χ0) is 13.7. The smallest absolute Gasteiger partial charge is 0.261 e. The van der Waals surface area contributed by atoms with E-state index in [1.165, 1.54) is 12.3 Å². The fourth-order valence-corrected chi connectivity index (χ4v) is 2.54. The van der Waals surface area contributed by atoms with Crippen LogP contribution in [-0.4, -0.2) is 24.9 Å². The van der Waals surface area contributed by atoms with Crippen LogP contribution < -0.4 is 4.72 Å². The van der Waals surface area contributed by atoms with Crippen LogP contribution in [-0.2, 0) is 16.4 Å². The van der Waals surface area contributed by atoms with Crippen LogP contribution in [0.25, 0.3) is 0 Å². The lowest BCUT2D eigenvalue weighted by Crippen LogP contribution is -2.27. The number of pyridine rings is 2. The Morgan fingerprint density at radius 2 is 2.00 bits per heavy atom. The van der Waals surface area contributed by atoms with Crippen LogP contribution in [0.1, 0.15) is 5.56 Å².